The maximum absolute atomic E-state index is 9.91. The summed E-state index contributed by atoms with van der Waals surface area (Å²) < 4.78 is 0.779. The number of hydrogen-bond donors (Lipinski definition) is 2. The van der Waals surface area contributed by atoms with E-state index in [1.54, 1.807) is 0 Å². The highest BCUT2D eigenvalue weighted by atomic mass is 79.9. The summed E-state index contributed by atoms with van der Waals surface area (Å²) in [6.45, 7) is 1.87. The average molecular weight is 310 g/mol. The molecule has 3 rings (SSSR count). The molecule has 3 unspecified atom stereocenters. The summed E-state index contributed by atoms with van der Waals surface area (Å²) in [6, 6.07) is 5.82. The van der Waals surface area contributed by atoms with Gasteiger partial charge in [-0.2, -0.15) is 0 Å². The molecule has 0 amide bonds. The highest BCUT2D eigenvalue weighted by molar-refractivity contribution is 9.10. The summed E-state index contributed by atoms with van der Waals surface area (Å²) in [5.41, 5.74) is 0.979. The number of fused-ring (bicyclic) bond motifs is 2. The summed E-state index contributed by atoms with van der Waals surface area (Å²) in [5.74, 6) is 3.23. The second-order valence-electron chi connectivity index (χ2n) is 5.81. The SMILES string of the molecule is Oc1c(Br)cccc1CNCC1CC2CCC1C2. The first-order valence-corrected chi connectivity index (χ1v) is 7.70. The number of rotatable bonds is 4. The van der Waals surface area contributed by atoms with Gasteiger partial charge in [0, 0.05) is 12.1 Å². The lowest BCUT2D eigenvalue weighted by atomic mass is 9.89. The number of nitrogens with one attached hydrogen (secondary N) is 1. The molecule has 0 spiro atoms. The molecule has 0 aromatic heterocycles. The van der Waals surface area contributed by atoms with Crippen molar-refractivity contribution >= 4 is 15.9 Å². The van der Waals surface area contributed by atoms with Crippen molar-refractivity contribution in [3.05, 3.63) is 28.2 Å². The molecule has 2 bridgehead atoms. The van der Waals surface area contributed by atoms with Gasteiger partial charge in [-0.1, -0.05) is 18.6 Å². The molecule has 2 N–H and O–H groups in total. The quantitative estimate of drug-likeness (QED) is 0.889. The number of halogens is 1. The van der Waals surface area contributed by atoms with Crippen LogP contribution in [0.1, 0.15) is 31.2 Å². The molecule has 2 nitrogen and oxygen atoms in total. The van der Waals surface area contributed by atoms with Crippen LogP contribution in [0.2, 0.25) is 0 Å². The zero-order valence-electron chi connectivity index (χ0n) is 10.5. The van der Waals surface area contributed by atoms with E-state index < -0.39 is 0 Å². The number of phenols is 1. The third-order valence-electron chi connectivity index (χ3n) is 4.68. The maximum Gasteiger partial charge on any atom is 0.134 e. The molecular formula is C15H20BrNO. The molecule has 2 aliphatic carbocycles. The number of benzene rings is 1. The van der Waals surface area contributed by atoms with Crippen molar-refractivity contribution in [1.82, 2.24) is 5.32 Å². The number of aromatic hydroxyl groups is 1. The Hall–Kier alpha value is -0.540. The van der Waals surface area contributed by atoms with Crippen molar-refractivity contribution in [1.29, 1.82) is 0 Å². The fourth-order valence-electron chi connectivity index (χ4n) is 3.72. The van der Waals surface area contributed by atoms with E-state index >= 15 is 0 Å². The minimum absolute atomic E-state index is 0.373. The van der Waals surface area contributed by atoms with Gasteiger partial charge in [-0.15, -0.1) is 0 Å². The molecule has 2 aliphatic rings. The van der Waals surface area contributed by atoms with E-state index in [2.05, 4.69) is 21.2 Å². The lowest BCUT2D eigenvalue weighted by molar-refractivity contribution is 0.318. The summed E-state index contributed by atoms with van der Waals surface area (Å²) in [7, 11) is 0. The zero-order chi connectivity index (χ0) is 12.5. The van der Waals surface area contributed by atoms with Gasteiger partial charge in [0.25, 0.3) is 0 Å². The van der Waals surface area contributed by atoms with E-state index in [1.165, 1.54) is 25.7 Å². The molecule has 0 aliphatic heterocycles. The van der Waals surface area contributed by atoms with Gasteiger partial charge in [-0.25, -0.2) is 0 Å². The third-order valence-corrected chi connectivity index (χ3v) is 5.32. The molecule has 98 valence electrons. The van der Waals surface area contributed by atoms with Crippen molar-refractivity contribution in [3.63, 3.8) is 0 Å². The highest BCUT2D eigenvalue weighted by Gasteiger charge is 2.38. The molecular weight excluding hydrogens is 290 g/mol. The molecule has 18 heavy (non-hydrogen) atoms. The van der Waals surface area contributed by atoms with Gasteiger partial charge in [-0.3, -0.25) is 0 Å². The number of phenolic OH excluding ortho intramolecular Hbond substituents is 1. The minimum Gasteiger partial charge on any atom is -0.506 e. The number of hydrogen-bond acceptors (Lipinski definition) is 2. The van der Waals surface area contributed by atoms with E-state index in [0.717, 1.165) is 40.9 Å². The van der Waals surface area contributed by atoms with Gasteiger partial charge in [0.15, 0.2) is 0 Å². The Bertz CT molecular complexity index is 435. The Balaban J connectivity index is 1.51. The molecule has 2 saturated carbocycles. The summed E-state index contributed by atoms with van der Waals surface area (Å²) in [4.78, 5) is 0. The summed E-state index contributed by atoms with van der Waals surface area (Å²) in [5, 5.41) is 13.4. The average Bonchev–Trinajstić information content (AvgIpc) is 2.97. The molecule has 0 radical (unpaired) electrons. The topological polar surface area (TPSA) is 32.3 Å². The lowest BCUT2D eigenvalue weighted by Gasteiger charge is -2.22. The van der Waals surface area contributed by atoms with E-state index in [-0.39, 0.29) is 0 Å². The van der Waals surface area contributed by atoms with Crippen LogP contribution < -0.4 is 5.32 Å². The lowest BCUT2D eigenvalue weighted by Crippen LogP contribution is -2.26. The van der Waals surface area contributed by atoms with E-state index in [1.807, 2.05) is 18.2 Å². The smallest absolute Gasteiger partial charge is 0.134 e. The maximum atomic E-state index is 9.91. The van der Waals surface area contributed by atoms with E-state index in [0.29, 0.717) is 5.75 Å². The van der Waals surface area contributed by atoms with Gasteiger partial charge in [0.2, 0.25) is 0 Å². The van der Waals surface area contributed by atoms with Gasteiger partial charge >= 0.3 is 0 Å². The molecule has 0 heterocycles. The molecule has 2 fully saturated rings. The fourth-order valence-corrected chi connectivity index (χ4v) is 4.13. The van der Waals surface area contributed by atoms with Crippen molar-refractivity contribution in [2.75, 3.05) is 6.54 Å². The first-order valence-electron chi connectivity index (χ1n) is 6.91. The molecule has 0 saturated heterocycles. The monoisotopic (exact) mass is 309 g/mol. The third kappa shape index (κ3) is 2.43. The largest absolute Gasteiger partial charge is 0.506 e. The summed E-state index contributed by atoms with van der Waals surface area (Å²) >= 11 is 3.35. The first-order chi connectivity index (χ1) is 8.74. The predicted molar refractivity (Wildman–Crippen MR) is 76.5 cm³/mol. The van der Waals surface area contributed by atoms with Gasteiger partial charge < -0.3 is 10.4 Å². The van der Waals surface area contributed by atoms with Crippen LogP contribution in [0.5, 0.6) is 5.75 Å². The van der Waals surface area contributed by atoms with Crippen molar-refractivity contribution < 1.29 is 5.11 Å². The Kier molecular flexibility index (Phi) is 3.62. The van der Waals surface area contributed by atoms with Crippen LogP contribution in [0.25, 0.3) is 0 Å². The van der Waals surface area contributed by atoms with Gasteiger partial charge in [0.1, 0.15) is 5.75 Å². The standard InChI is InChI=1S/C15H20BrNO/c16-14-3-1-2-12(15(14)18)8-17-9-13-7-10-4-5-11(13)6-10/h1-3,10-11,13,17-18H,4-9H2. The number of para-hydroxylation sites is 1. The van der Waals surface area contributed by atoms with Gasteiger partial charge in [-0.05, 0) is 65.6 Å². The Morgan fingerprint density at radius 3 is 2.89 bits per heavy atom. The molecule has 3 heteroatoms. The zero-order valence-corrected chi connectivity index (χ0v) is 12.1. The van der Waals surface area contributed by atoms with Crippen LogP contribution in [-0.4, -0.2) is 11.7 Å². The van der Waals surface area contributed by atoms with Gasteiger partial charge in [0.05, 0.1) is 4.47 Å². The van der Waals surface area contributed by atoms with Crippen molar-refractivity contribution in [2.24, 2.45) is 17.8 Å². The normalized spacial score (nSPS) is 29.9. The second kappa shape index (κ2) is 5.22. The minimum atomic E-state index is 0.373. The Morgan fingerprint density at radius 2 is 2.17 bits per heavy atom. The molecule has 3 atom stereocenters. The van der Waals surface area contributed by atoms with Crippen LogP contribution in [-0.2, 0) is 6.54 Å². The Morgan fingerprint density at radius 1 is 1.28 bits per heavy atom. The van der Waals surface area contributed by atoms with Crippen molar-refractivity contribution in [3.8, 4) is 5.75 Å². The second-order valence-corrected chi connectivity index (χ2v) is 6.67. The van der Waals surface area contributed by atoms with Crippen LogP contribution >= 0.6 is 15.9 Å². The molecule has 1 aromatic rings. The highest BCUT2D eigenvalue weighted by Crippen LogP contribution is 2.47. The molecule has 1 aromatic carbocycles. The van der Waals surface area contributed by atoms with Crippen LogP contribution in [0.3, 0.4) is 0 Å². The van der Waals surface area contributed by atoms with Crippen LogP contribution in [0.4, 0.5) is 0 Å². The van der Waals surface area contributed by atoms with Crippen LogP contribution in [0, 0.1) is 17.8 Å². The van der Waals surface area contributed by atoms with E-state index in [4.69, 9.17) is 0 Å². The summed E-state index contributed by atoms with van der Waals surface area (Å²) in [6.07, 6.45) is 5.79. The predicted octanol–water partition coefficient (Wildman–Crippen LogP) is 3.68. The fraction of sp³-hybridized carbons (Fsp3) is 0.600. The van der Waals surface area contributed by atoms with E-state index in [9.17, 15) is 5.11 Å². The first kappa shape index (κ1) is 12.5. The van der Waals surface area contributed by atoms with Crippen molar-refractivity contribution in [2.45, 2.75) is 32.2 Å². The Labute approximate surface area is 117 Å². The van der Waals surface area contributed by atoms with Crippen LogP contribution in [0.15, 0.2) is 22.7 Å².